The maximum atomic E-state index is 6.06. The van der Waals surface area contributed by atoms with Crippen LogP contribution < -0.4 is 10.6 Å². The molecule has 0 aromatic heterocycles. The highest BCUT2D eigenvalue weighted by Crippen LogP contribution is 2.34. The van der Waals surface area contributed by atoms with Gasteiger partial charge in [0.05, 0.1) is 27.5 Å². The molecule has 0 bridgehead atoms. The van der Waals surface area contributed by atoms with Gasteiger partial charge in [-0.1, -0.05) is 23.2 Å². The van der Waals surface area contributed by atoms with Crippen molar-refractivity contribution in [2.24, 2.45) is 0 Å². The topological polar surface area (TPSA) is 38.5 Å². The lowest BCUT2D eigenvalue weighted by atomic mass is 10.1. The van der Waals surface area contributed by atoms with Crippen molar-refractivity contribution >= 4 is 34.6 Å². The molecule has 2 rings (SSSR count). The van der Waals surface area contributed by atoms with Crippen LogP contribution in [0.5, 0.6) is 0 Å². The first-order valence-corrected chi connectivity index (χ1v) is 6.98. The molecule has 2 N–H and O–H groups in total. The van der Waals surface area contributed by atoms with Crippen LogP contribution in [-0.4, -0.2) is 25.8 Å². The van der Waals surface area contributed by atoms with Crippen LogP contribution in [0.1, 0.15) is 19.8 Å². The van der Waals surface area contributed by atoms with E-state index in [1.54, 1.807) is 6.07 Å². The van der Waals surface area contributed by atoms with Gasteiger partial charge in [-0.3, -0.25) is 0 Å². The fourth-order valence-electron chi connectivity index (χ4n) is 2.35. The van der Waals surface area contributed by atoms with Crippen LogP contribution in [0.15, 0.2) is 12.1 Å². The first-order valence-electron chi connectivity index (χ1n) is 6.23. The molecule has 18 heavy (non-hydrogen) atoms. The Morgan fingerprint density at radius 1 is 1.39 bits per heavy atom. The summed E-state index contributed by atoms with van der Waals surface area (Å²) >= 11 is 12.0. The summed E-state index contributed by atoms with van der Waals surface area (Å²) in [6.45, 7) is 4.60. The standard InChI is InChI=1S/C13H18Cl2N2O/c1-2-18-9-4-3-5-17(8-9)13-7-11(15)10(14)6-12(13)16/h6-7,9H,2-5,8,16H2,1H3. The van der Waals surface area contributed by atoms with Crippen LogP contribution in [0.3, 0.4) is 0 Å². The second kappa shape index (κ2) is 6.00. The summed E-state index contributed by atoms with van der Waals surface area (Å²) in [4.78, 5) is 2.22. The van der Waals surface area contributed by atoms with E-state index in [4.69, 9.17) is 33.7 Å². The van der Waals surface area contributed by atoms with Crippen molar-refractivity contribution in [2.45, 2.75) is 25.9 Å². The molecule has 3 nitrogen and oxygen atoms in total. The molecule has 0 saturated carbocycles. The number of ether oxygens (including phenoxy) is 1. The quantitative estimate of drug-likeness (QED) is 0.864. The van der Waals surface area contributed by atoms with Crippen molar-refractivity contribution in [2.75, 3.05) is 30.3 Å². The number of nitrogens with two attached hydrogens (primary N) is 1. The van der Waals surface area contributed by atoms with Crippen LogP contribution in [-0.2, 0) is 4.74 Å². The maximum Gasteiger partial charge on any atom is 0.0750 e. The third-order valence-electron chi connectivity index (χ3n) is 3.19. The lowest BCUT2D eigenvalue weighted by Gasteiger charge is -2.35. The van der Waals surface area contributed by atoms with Gasteiger partial charge in [-0.2, -0.15) is 0 Å². The molecule has 1 aromatic rings. The Kier molecular flexibility index (Phi) is 4.60. The van der Waals surface area contributed by atoms with Gasteiger partial charge < -0.3 is 15.4 Å². The highest BCUT2D eigenvalue weighted by atomic mass is 35.5. The van der Waals surface area contributed by atoms with Crippen LogP contribution >= 0.6 is 23.2 Å². The van der Waals surface area contributed by atoms with Crippen LogP contribution in [0, 0.1) is 0 Å². The molecular formula is C13H18Cl2N2O. The van der Waals surface area contributed by atoms with Gasteiger partial charge in [0.15, 0.2) is 0 Å². The van der Waals surface area contributed by atoms with Gasteiger partial charge in [0.1, 0.15) is 0 Å². The Morgan fingerprint density at radius 3 is 2.83 bits per heavy atom. The number of benzene rings is 1. The average Bonchev–Trinajstić information content (AvgIpc) is 2.34. The van der Waals surface area contributed by atoms with Crippen molar-refractivity contribution in [1.29, 1.82) is 0 Å². The predicted octanol–water partition coefficient (Wildman–Crippen LogP) is 3.58. The number of hydrogen-bond donors (Lipinski definition) is 1. The molecule has 1 heterocycles. The molecule has 1 saturated heterocycles. The van der Waals surface area contributed by atoms with E-state index in [-0.39, 0.29) is 6.10 Å². The maximum absolute atomic E-state index is 6.06. The highest BCUT2D eigenvalue weighted by molar-refractivity contribution is 6.42. The molecule has 0 amide bonds. The van der Waals surface area contributed by atoms with Crippen molar-refractivity contribution < 1.29 is 4.74 Å². The normalized spacial score (nSPS) is 20.2. The summed E-state index contributed by atoms with van der Waals surface area (Å²) in [7, 11) is 0. The Bertz CT molecular complexity index is 424. The number of rotatable bonds is 3. The van der Waals surface area contributed by atoms with Gasteiger partial charge in [0.25, 0.3) is 0 Å². The molecule has 0 radical (unpaired) electrons. The van der Waals surface area contributed by atoms with E-state index in [9.17, 15) is 0 Å². The number of piperidine rings is 1. The molecule has 1 aliphatic heterocycles. The number of halogens is 2. The third-order valence-corrected chi connectivity index (χ3v) is 3.91. The minimum Gasteiger partial charge on any atom is -0.397 e. The molecule has 1 unspecified atom stereocenters. The lowest BCUT2D eigenvalue weighted by Crippen LogP contribution is -2.40. The molecule has 0 spiro atoms. The molecule has 5 heteroatoms. The lowest BCUT2D eigenvalue weighted by molar-refractivity contribution is 0.0527. The predicted molar refractivity (Wildman–Crippen MR) is 77.7 cm³/mol. The number of nitrogens with zero attached hydrogens (tertiary/aromatic N) is 1. The summed E-state index contributed by atoms with van der Waals surface area (Å²) < 4.78 is 5.69. The number of hydrogen-bond acceptors (Lipinski definition) is 3. The largest absolute Gasteiger partial charge is 0.397 e. The van der Waals surface area contributed by atoms with E-state index >= 15 is 0 Å². The van der Waals surface area contributed by atoms with Crippen molar-refractivity contribution in [3.63, 3.8) is 0 Å². The summed E-state index contributed by atoms with van der Waals surface area (Å²) in [5, 5.41) is 1.04. The highest BCUT2D eigenvalue weighted by Gasteiger charge is 2.22. The zero-order chi connectivity index (χ0) is 13.1. The summed E-state index contributed by atoms with van der Waals surface area (Å²) in [6.07, 6.45) is 2.48. The molecule has 0 aliphatic carbocycles. The molecule has 1 aromatic carbocycles. The minimum atomic E-state index is 0.276. The molecule has 1 atom stereocenters. The van der Waals surface area contributed by atoms with Gasteiger partial charge in [0.2, 0.25) is 0 Å². The van der Waals surface area contributed by atoms with E-state index in [1.807, 2.05) is 13.0 Å². The Labute approximate surface area is 118 Å². The van der Waals surface area contributed by atoms with Gasteiger partial charge >= 0.3 is 0 Å². The molecule has 1 fully saturated rings. The second-order valence-corrected chi connectivity index (χ2v) is 5.31. The average molecular weight is 289 g/mol. The fraction of sp³-hybridized carbons (Fsp3) is 0.538. The van der Waals surface area contributed by atoms with Gasteiger partial charge in [-0.25, -0.2) is 0 Å². The first-order chi connectivity index (χ1) is 8.61. The van der Waals surface area contributed by atoms with Gasteiger partial charge in [-0.15, -0.1) is 0 Å². The smallest absolute Gasteiger partial charge is 0.0750 e. The van der Waals surface area contributed by atoms with E-state index in [0.29, 0.717) is 15.7 Å². The van der Waals surface area contributed by atoms with Gasteiger partial charge in [-0.05, 0) is 31.9 Å². The van der Waals surface area contributed by atoms with Crippen LogP contribution in [0.2, 0.25) is 10.0 Å². The molecule has 100 valence electrons. The molecular weight excluding hydrogens is 271 g/mol. The SMILES string of the molecule is CCOC1CCCN(c2cc(Cl)c(Cl)cc2N)C1. The zero-order valence-electron chi connectivity index (χ0n) is 10.5. The zero-order valence-corrected chi connectivity index (χ0v) is 12.0. The van der Waals surface area contributed by atoms with Crippen molar-refractivity contribution in [3.05, 3.63) is 22.2 Å². The first kappa shape index (κ1) is 13.8. The van der Waals surface area contributed by atoms with Crippen molar-refractivity contribution in [3.8, 4) is 0 Å². The van der Waals surface area contributed by atoms with E-state index < -0.39 is 0 Å². The minimum absolute atomic E-state index is 0.276. The second-order valence-electron chi connectivity index (χ2n) is 4.49. The monoisotopic (exact) mass is 288 g/mol. The van der Waals surface area contributed by atoms with Crippen LogP contribution in [0.4, 0.5) is 11.4 Å². The molecule has 1 aliphatic rings. The van der Waals surface area contributed by atoms with Crippen LogP contribution in [0.25, 0.3) is 0 Å². The van der Waals surface area contributed by atoms with Gasteiger partial charge in [0, 0.05) is 19.7 Å². The summed E-state index contributed by atoms with van der Waals surface area (Å²) in [5.74, 6) is 0. The Morgan fingerprint density at radius 2 is 2.11 bits per heavy atom. The Hall–Kier alpha value is -0.640. The number of nitrogen functional groups attached to an aromatic ring is 1. The summed E-state index contributed by atoms with van der Waals surface area (Å²) in [5.41, 5.74) is 7.64. The van der Waals surface area contributed by atoms with E-state index in [1.165, 1.54) is 0 Å². The van der Waals surface area contributed by atoms with E-state index in [2.05, 4.69) is 4.90 Å². The number of anilines is 2. The fourth-order valence-corrected chi connectivity index (χ4v) is 2.68. The van der Waals surface area contributed by atoms with E-state index in [0.717, 1.165) is 38.2 Å². The van der Waals surface area contributed by atoms with Crippen molar-refractivity contribution in [1.82, 2.24) is 0 Å². The summed E-state index contributed by atoms with van der Waals surface area (Å²) in [6, 6.07) is 3.55. The third kappa shape index (κ3) is 3.02. The Balaban J connectivity index is 2.18.